The molecule has 0 aliphatic carbocycles. The number of carbonyl (C=O) groups excluding carboxylic acids is 1. The molecule has 1 aromatic heterocycles. The van der Waals surface area contributed by atoms with Gasteiger partial charge in [0.05, 0.1) is 5.56 Å². The molecular weight excluding hydrogens is 292 g/mol. The van der Waals surface area contributed by atoms with Crippen LogP contribution in [0.2, 0.25) is 0 Å². The van der Waals surface area contributed by atoms with Crippen molar-refractivity contribution in [2.75, 3.05) is 7.05 Å². The highest BCUT2D eigenvalue weighted by atomic mass is 16.4. The minimum absolute atomic E-state index is 0.0288. The Hall–Kier alpha value is -2.69. The number of hydrogen-bond donors (Lipinski definition) is 1. The predicted octanol–water partition coefficient (Wildman–Crippen LogP) is 2.79. The van der Waals surface area contributed by atoms with Gasteiger partial charge in [-0.2, -0.15) is 0 Å². The van der Waals surface area contributed by atoms with E-state index in [0.717, 1.165) is 6.42 Å². The number of hydrogen-bond acceptors (Lipinski definition) is 3. The molecular formula is C18H20N2O3. The highest BCUT2D eigenvalue weighted by Crippen LogP contribution is 2.14. The van der Waals surface area contributed by atoms with E-state index in [4.69, 9.17) is 5.11 Å². The lowest BCUT2D eigenvalue weighted by Crippen LogP contribution is -2.37. The summed E-state index contributed by atoms with van der Waals surface area (Å²) in [6, 6.07) is 10.7. The second-order valence-electron chi connectivity index (χ2n) is 5.63. The SMILES string of the molecule is Cc1ccccc1CC(C)N(C)C(=O)c1cc(C(=O)O)ccn1. The highest BCUT2D eigenvalue weighted by molar-refractivity contribution is 5.95. The molecule has 23 heavy (non-hydrogen) atoms. The third-order valence-electron chi connectivity index (χ3n) is 3.98. The fourth-order valence-corrected chi connectivity index (χ4v) is 2.36. The maximum Gasteiger partial charge on any atom is 0.335 e. The molecule has 1 aromatic carbocycles. The number of aromatic carboxylic acids is 1. The van der Waals surface area contributed by atoms with E-state index < -0.39 is 5.97 Å². The Labute approximate surface area is 135 Å². The number of benzene rings is 1. The molecule has 0 saturated heterocycles. The van der Waals surface area contributed by atoms with Gasteiger partial charge in [0.15, 0.2) is 0 Å². The van der Waals surface area contributed by atoms with Crippen LogP contribution in [0.1, 0.15) is 38.9 Å². The molecule has 5 nitrogen and oxygen atoms in total. The first-order valence-corrected chi connectivity index (χ1v) is 7.41. The van der Waals surface area contributed by atoms with Crippen LogP contribution >= 0.6 is 0 Å². The summed E-state index contributed by atoms with van der Waals surface area (Å²) in [5.41, 5.74) is 2.57. The van der Waals surface area contributed by atoms with Crippen LogP contribution in [0.5, 0.6) is 0 Å². The Balaban J connectivity index is 2.14. The van der Waals surface area contributed by atoms with Gasteiger partial charge in [-0.1, -0.05) is 24.3 Å². The zero-order valence-corrected chi connectivity index (χ0v) is 13.5. The Morgan fingerprint density at radius 1 is 1.26 bits per heavy atom. The summed E-state index contributed by atoms with van der Waals surface area (Å²) >= 11 is 0. The summed E-state index contributed by atoms with van der Waals surface area (Å²) < 4.78 is 0. The number of carboxylic acid groups (broad SMARTS) is 1. The maximum absolute atomic E-state index is 12.5. The Morgan fingerprint density at radius 3 is 2.61 bits per heavy atom. The molecule has 0 aliphatic rings. The van der Waals surface area contributed by atoms with Gasteiger partial charge >= 0.3 is 5.97 Å². The van der Waals surface area contributed by atoms with Crippen LogP contribution in [0.25, 0.3) is 0 Å². The minimum Gasteiger partial charge on any atom is -0.478 e. The fraction of sp³-hybridized carbons (Fsp3) is 0.278. The lowest BCUT2D eigenvalue weighted by atomic mass is 10.0. The number of amides is 1. The number of rotatable bonds is 5. The van der Waals surface area contributed by atoms with Crippen LogP contribution in [0.3, 0.4) is 0 Å². The topological polar surface area (TPSA) is 70.5 Å². The van der Waals surface area contributed by atoms with E-state index in [9.17, 15) is 9.59 Å². The molecule has 1 heterocycles. The Kier molecular flexibility index (Phi) is 5.11. The largest absolute Gasteiger partial charge is 0.478 e. The van der Waals surface area contributed by atoms with Crippen molar-refractivity contribution in [1.82, 2.24) is 9.88 Å². The third kappa shape index (κ3) is 3.94. The van der Waals surface area contributed by atoms with Gasteiger partial charge in [-0.05, 0) is 43.5 Å². The molecule has 0 fully saturated rings. The van der Waals surface area contributed by atoms with E-state index in [-0.39, 0.29) is 23.2 Å². The number of aryl methyl sites for hydroxylation is 1. The second kappa shape index (κ2) is 7.05. The number of nitrogens with zero attached hydrogens (tertiary/aromatic N) is 2. The molecule has 5 heteroatoms. The van der Waals surface area contributed by atoms with E-state index in [0.29, 0.717) is 0 Å². The van der Waals surface area contributed by atoms with Crippen LogP contribution in [0.4, 0.5) is 0 Å². The summed E-state index contributed by atoms with van der Waals surface area (Å²) in [6.07, 6.45) is 2.07. The van der Waals surface area contributed by atoms with Crippen molar-refractivity contribution < 1.29 is 14.7 Å². The monoisotopic (exact) mass is 312 g/mol. The van der Waals surface area contributed by atoms with Gasteiger partial charge < -0.3 is 10.0 Å². The summed E-state index contributed by atoms with van der Waals surface area (Å²) in [5.74, 6) is -1.36. The van der Waals surface area contributed by atoms with Crippen molar-refractivity contribution in [2.45, 2.75) is 26.3 Å². The summed E-state index contributed by atoms with van der Waals surface area (Å²) in [4.78, 5) is 29.1. The van der Waals surface area contributed by atoms with Crippen molar-refractivity contribution in [1.29, 1.82) is 0 Å². The number of pyridine rings is 1. The van der Waals surface area contributed by atoms with Crippen molar-refractivity contribution >= 4 is 11.9 Å². The van der Waals surface area contributed by atoms with Crippen molar-refractivity contribution in [2.24, 2.45) is 0 Å². The molecule has 2 rings (SSSR count). The third-order valence-corrected chi connectivity index (χ3v) is 3.98. The first-order chi connectivity index (χ1) is 10.9. The molecule has 2 aromatic rings. The van der Waals surface area contributed by atoms with Crippen molar-refractivity contribution in [3.63, 3.8) is 0 Å². The molecule has 1 N–H and O–H groups in total. The molecule has 0 radical (unpaired) electrons. The van der Waals surface area contributed by atoms with Gasteiger partial charge in [-0.25, -0.2) is 4.79 Å². The van der Waals surface area contributed by atoms with E-state index >= 15 is 0 Å². The quantitative estimate of drug-likeness (QED) is 0.921. The molecule has 120 valence electrons. The molecule has 0 spiro atoms. The fourth-order valence-electron chi connectivity index (χ4n) is 2.36. The summed E-state index contributed by atoms with van der Waals surface area (Å²) in [6.45, 7) is 4.01. The van der Waals surface area contributed by atoms with Crippen LogP contribution in [-0.4, -0.2) is 40.0 Å². The zero-order valence-electron chi connectivity index (χ0n) is 13.5. The highest BCUT2D eigenvalue weighted by Gasteiger charge is 2.20. The zero-order chi connectivity index (χ0) is 17.0. The van der Waals surface area contributed by atoms with E-state index in [1.54, 1.807) is 11.9 Å². The van der Waals surface area contributed by atoms with E-state index in [1.807, 2.05) is 38.1 Å². The average Bonchev–Trinajstić information content (AvgIpc) is 2.55. The van der Waals surface area contributed by atoms with Gasteiger partial charge in [0.2, 0.25) is 0 Å². The number of carbonyl (C=O) groups is 2. The first-order valence-electron chi connectivity index (χ1n) is 7.41. The predicted molar refractivity (Wildman–Crippen MR) is 87.6 cm³/mol. The number of aromatic nitrogens is 1. The first kappa shape index (κ1) is 16.7. The van der Waals surface area contributed by atoms with E-state index in [2.05, 4.69) is 4.98 Å². The van der Waals surface area contributed by atoms with Crippen molar-refractivity contribution in [3.05, 3.63) is 65.0 Å². The number of likely N-dealkylation sites (N-methyl/N-ethyl adjacent to an activating group) is 1. The maximum atomic E-state index is 12.5. The smallest absolute Gasteiger partial charge is 0.335 e. The summed E-state index contributed by atoms with van der Waals surface area (Å²) in [7, 11) is 1.71. The van der Waals surface area contributed by atoms with E-state index in [1.165, 1.54) is 29.5 Å². The Morgan fingerprint density at radius 2 is 1.96 bits per heavy atom. The van der Waals surface area contributed by atoms with Gasteiger partial charge in [0.25, 0.3) is 5.91 Å². The molecule has 1 unspecified atom stereocenters. The van der Waals surface area contributed by atoms with Gasteiger partial charge in [-0.15, -0.1) is 0 Å². The molecule has 0 saturated carbocycles. The lowest BCUT2D eigenvalue weighted by Gasteiger charge is -2.25. The standard InChI is InChI=1S/C18H20N2O3/c1-12-6-4-5-7-14(12)10-13(2)20(3)17(21)16-11-15(18(22)23)8-9-19-16/h4-9,11,13H,10H2,1-3H3,(H,22,23). The molecule has 1 amide bonds. The van der Waals surface area contributed by atoms with Crippen LogP contribution in [0.15, 0.2) is 42.6 Å². The number of carboxylic acids is 1. The summed E-state index contributed by atoms with van der Waals surface area (Å²) in [5, 5.41) is 9.01. The average molecular weight is 312 g/mol. The van der Waals surface area contributed by atoms with Crippen LogP contribution in [0, 0.1) is 6.92 Å². The normalized spacial score (nSPS) is 11.8. The van der Waals surface area contributed by atoms with Crippen molar-refractivity contribution in [3.8, 4) is 0 Å². The van der Waals surface area contributed by atoms with Crippen LogP contribution < -0.4 is 0 Å². The van der Waals surface area contributed by atoms with Crippen LogP contribution in [-0.2, 0) is 6.42 Å². The van der Waals surface area contributed by atoms with Gasteiger partial charge in [-0.3, -0.25) is 9.78 Å². The second-order valence-corrected chi connectivity index (χ2v) is 5.63. The molecule has 0 aliphatic heterocycles. The minimum atomic E-state index is -1.07. The molecule has 1 atom stereocenters. The Bertz CT molecular complexity index is 728. The molecule has 0 bridgehead atoms. The lowest BCUT2D eigenvalue weighted by molar-refractivity contribution is 0.0696. The van der Waals surface area contributed by atoms with Gasteiger partial charge in [0.1, 0.15) is 5.69 Å². The van der Waals surface area contributed by atoms with Gasteiger partial charge in [0, 0.05) is 19.3 Å².